The van der Waals surface area contributed by atoms with Crippen LogP contribution >= 0.6 is 0 Å². The minimum absolute atomic E-state index is 0.168. The molecule has 1 aromatic heterocycles. The first-order valence-corrected chi connectivity index (χ1v) is 6.31. The molecule has 1 aromatic rings. The Balaban J connectivity index is 2.52. The second kappa shape index (κ2) is 7.17. The maximum Gasteiger partial charge on any atom is 0.149 e. The van der Waals surface area contributed by atoms with E-state index in [1.165, 1.54) is 5.56 Å². The Morgan fingerprint density at radius 3 is 2.53 bits per heavy atom. The van der Waals surface area contributed by atoms with E-state index in [1.54, 1.807) is 12.4 Å². The van der Waals surface area contributed by atoms with Gasteiger partial charge in [0.15, 0.2) is 0 Å². The maximum atomic E-state index is 11.9. The minimum Gasteiger partial charge on any atom is -0.298 e. The van der Waals surface area contributed by atoms with Gasteiger partial charge in [0.2, 0.25) is 0 Å². The van der Waals surface area contributed by atoms with Gasteiger partial charge in [-0.3, -0.25) is 14.7 Å². The van der Waals surface area contributed by atoms with E-state index in [9.17, 15) is 4.79 Å². The summed E-state index contributed by atoms with van der Waals surface area (Å²) < 4.78 is 0. The van der Waals surface area contributed by atoms with Gasteiger partial charge in [-0.2, -0.15) is 0 Å². The van der Waals surface area contributed by atoms with Crippen molar-refractivity contribution in [1.82, 2.24) is 9.88 Å². The predicted octanol–water partition coefficient (Wildman–Crippen LogP) is 2.52. The van der Waals surface area contributed by atoms with E-state index in [0.717, 1.165) is 19.5 Å². The molecule has 3 heteroatoms. The molecule has 94 valence electrons. The summed E-state index contributed by atoms with van der Waals surface area (Å²) in [4.78, 5) is 18.0. The average molecular weight is 234 g/mol. The normalized spacial score (nSPS) is 12.7. The molecule has 0 aromatic carbocycles. The van der Waals surface area contributed by atoms with Crippen LogP contribution < -0.4 is 0 Å². The Labute approximate surface area is 104 Å². The molecule has 1 unspecified atom stereocenters. The molecule has 3 nitrogen and oxygen atoms in total. The Morgan fingerprint density at radius 2 is 2.00 bits per heavy atom. The lowest BCUT2D eigenvalue weighted by atomic mass is 10.0. The average Bonchev–Trinajstić information content (AvgIpc) is 2.38. The Kier molecular flexibility index (Phi) is 5.84. The van der Waals surface area contributed by atoms with Crippen LogP contribution in [0, 0.1) is 5.92 Å². The van der Waals surface area contributed by atoms with Gasteiger partial charge < -0.3 is 0 Å². The van der Waals surface area contributed by atoms with Gasteiger partial charge in [-0.15, -0.1) is 0 Å². The van der Waals surface area contributed by atoms with E-state index in [-0.39, 0.29) is 5.92 Å². The van der Waals surface area contributed by atoms with Gasteiger partial charge in [0.05, 0.1) is 6.54 Å². The van der Waals surface area contributed by atoms with Crippen LogP contribution in [0.15, 0.2) is 24.5 Å². The van der Waals surface area contributed by atoms with E-state index >= 15 is 0 Å². The number of carbonyl (C=O) groups excluding carboxylic acids is 1. The number of hydrogen-bond donors (Lipinski definition) is 0. The summed E-state index contributed by atoms with van der Waals surface area (Å²) in [5, 5.41) is 0. The Morgan fingerprint density at radius 1 is 1.35 bits per heavy atom. The number of rotatable bonds is 7. The fourth-order valence-electron chi connectivity index (χ4n) is 1.63. The SMILES string of the molecule is CCC(C)C(=O)CN(CC)Cc1ccncc1. The van der Waals surface area contributed by atoms with Gasteiger partial charge in [0.25, 0.3) is 0 Å². The van der Waals surface area contributed by atoms with Crippen LogP contribution in [0.25, 0.3) is 0 Å². The van der Waals surface area contributed by atoms with Crippen LogP contribution in [-0.2, 0) is 11.3 Å². The van der Waals surface area contributed by atoms with Crippen molar-refractivity contribution in [2.24, 2.45) is 5.92 Å². The molecule has 1 heterocycles. The second-order valence-electron chi connectivity index (χ2n) is 4.43. The first-order chi connectivity index (χ1) is 8.17. The fourth-order valence-corrected chi connectivity index (χ4v) is 1.63. The lowest BCUT2D eigenvalue weighted by molar-refractivity contribution is -0.123. The number of hydrogen-bond acceptors (Lipinski definition) is 3. The number of likely N-dealkylation sites (N-methyl/N-ethyl adjacent to an activating group) is 1. The number of nitrogens with zero attached hydrogens (tertiary/aromatic N) is 2. The van der Waals surface area contributed by atoms with Crippen molar-refractivity contribution in [3.8, 4) is 0 Å². The molecule has 0 N–H and O–H groups in total. The van der Waals surface area contributed by atoms with Gasteiger partial charge in [-0.05, 0) is 30.7 Å². The van der Waals surface area contributed by atoms with E-state index < -0.39 is 0 Å². The quantitative estimate of drug-likeness (QED) is 0.727. The van der Waals surface area contributed by atoms with Crippen LogP contribution in [0.2, 0.25) is 0 Å². The molecule has 0 aliphatic rings. The Hall–Kier alpha value is -1.22. The lowest BCUT2D eigenvalue weighted by Gasteiger charge is -2.21. The van der Waals surface area contributed by atoms with Gasteiger partial charge >= 0.3 is 0 Å². The molecule has 0 saturated carbocycles. The third-order valence-electron chi connectivity index (χ3n) is 3.14. The monoisotopic (exact) mass is 234 g/mol. The molecule has 0 fully saturated rings. The summed E-state index contributed by atoms with van der Waals surface area (Å²) in [6.07, 6.45) is 4.50. The van der Waals surface area contributed by atoms with E-state index in [4.69, 9.17) is 0 Å². The minimum atomic E-state index is 0.168. The maximum absolute atomic E-state index is 11.9. The highest BCUT2D eigenvalue weighted by Crippen LogP contribution is 2.07. The molecule has 0 amide bonds. The number of pyridine rings is 1. The van der Waals surface area contributed by atoms with Crippen molar-refractivity contribution < 1.29 is 4.79 Å². The second-order valence-corrected chi connectivity index (χ2v) is 4.43. The van der Waals surface area contributed by atoms with Crippen molar-refractivity contribution in [3.05, 3.63) is 30.1 Å². The lowest BCUT2D eigenvalue weighted by Crippen LogP contribution is -2.32. The number of aromatic nitrogens is 1. The number of ketones is 1. The zero-order chi connectivity index (χ0) is 12.7. The van der Waals surface area contributed by atoms with Crippen LogP contribution in [-0.4, -0.2) is 28.8 Å². The van der Waals surface area contributed by atoms with Gasteiger partial charge in [0, 0.05) is 24.9 Å². The standard InChI is InChI=1S/C14H22N2O/c1-4-12(3)14(17)11-16(5-2)10-13-6-8-15-9-7-13/h6-9,12H,4-5,10-11H2,1-3H3. The molecule has 0 bridgehead atoms. The first kappa shape index (κ1) is 13.8. The van der Waals surface area contributed by atoms with Crippen LogP contribution in [0.3, 0.4) is 0 Å². The predicted molar refractivity (Wildman–Crippen MR) is 69.7 cm³/mol. The summed E-state index contributed by atoms with van der Waals surface area (Å²) in [5.74, 6) is 0.505. The Bertz CT molecular complexity index is 337. The van der Waals surface area contributed by atoms with Gasteiger partial charge in [0.1, 0.15) is 5.78 Å². The molecule has 17 heavy (non-hydrogen) atoms. The summed E-state index contributed by atoms with van der Waals surface area (Å²) in [5.41, 5.74) is 1.21. The zero-order valence-electron chi connectivity index (χ0n) is 11.0. The molecular weight excluding hydrogens is 212 g/mol. The summed E-state index contributed by atoms with van der Waals surface area (Å²) in [6.45, 7) is 8.41. The molecule has 0 saturated heterocycles. The molecule has 0 aliphatic heterocycles. The number of Topliss-reactive ketones (excluding diaryl/α,β-unsaturated/α-hetero) is 1. The van der Waals surface area contributed by atoms with Crippen molar-refractivity contribution in [3.63, 3.8) is 0 Å². The smallest absolute Gasteiger partial charge is 0.149 e. The van der Waals surface area contributed by atoms with Crippen LogP contribution in [0.5, 0.6) is 0 Å². The summed E-state index contributed by atoms with van der Waals surface area (Å²) in [7, 11) is 0. The summed E-state index contributed by atoms with van der Waals surface area (Å²) in [6, 6.07) is 3.99. The van der Waals surface area contributed by atoms with Gasteiger partial charge in [-0.25, -0.2) is 0 Å². The van der Waals surface area contributed by atoms with Crippen molar-refractivity contribution in [2.45, 2.75) is 33.7 Å². The van der Waals surface area contributed by atoms with Crippen molar-refractivity contribution >= 4 is 5.78 Å². The molecule has 0 radical (unpaired) electrons. The van der Waals surface area contributed by atoms with Crippen LogP contribution in [0.4, 0.5) is 0 Å². The largest absolute Gasteiger partial charge is 0.298 e. The van der Waals surface area contributed by atoms with Crippen molar-refractivity contribution in [1.29, 1.82) is 0 Å². The molecule has 1 atom stereocenters. The zero-order valence-corrected chi connectivity index (χ0v) is 11.0. The topological polar surface area (TPSA) is 33.2 Å². The third kappa shape index (κ3) is 4.65. The van der Waals surface area contributed by atoms with Crippen molar-refractivity contribution in [2.75, 3.05) is 13.1 Å². The highest BCUT2D eigenvalue weighted by atomic mass is 16.1. The molecule has 0 aliphatic carbocycles. The third-order valence-corrected chi connectivity index (χ3v) is 3.14. The van der Waals surface area contributed by atoms with E-state index in [2.05, 4.69) is 23.7 Å². The van der Waals surface area contributed by atoms with E-state index in [1.807, 2.05) is 19.1 Å². The number of carbonyl (C=O) groups is 1. The van der Waals surface area contributed by atoms with E-state index in [0.29, 0.717) is 12.3 Å². The summed E-state index contributed by atoms with van der Waals surface area (Å²) >= 11 is 0. The van der Waals surface area contributed by atoms with Gasteiger partial charge in [-0.1, -0.05) is 20.8 Å². The first-order valence-electron chi connectivity index (χ1n) is 6.31. The molecule has 0 spiro atoms. The molecular formula is C14H22N2O. The van der Waals surface area contributed by atoms with Crippen LogP contribution in [0.1, 0.15) is 32.8 Å². The highest BCUT2D eigenvalue weighted by Gasteiger charge is 2.14. The molecule has 1 rings (SSSR count). The highest BCUT2D eigenvalue weighted by molar-refractivity contribution is 5.82. The fraction of sp³-hybridized carbons (Fsp3) is 0.571.